The zero-order valence-corrected chi connectivity index (χ0v) is 10.6. The Bertz CT molecular complexity index is 57.0. The first-order valence-corrected chi connectivity index (χ1v) is 4.09. The van der Waals surface area contributed by atoms with Gasteiger partial charge in [0.2, 0.25) is 0 Å². The van der Waals surface area contributed by atoms with E-state index in [0.29, 0.717) is 0 Å². The van der Waals surface area contributed by atoms with Gasteiger partial charge in [-0.1, -0.05) is 0 Å². The SMILES string of the molecule is Br.CC[N+](CC)(CC)CC.Cl. The molecule has 0 aliphatic heterocycles. The third-order valence-corrected chi connectivity index (χ3v) is 2.68. The maximum absolute atomic E-state index is 2.27. The van der Waals surface area contributed by atoms with Gasteiger partial charge in [-0.2, -0.15) is 0 Å². The highest BCUT2D eigenvalue weighted by Gasteiger charge is 2.16. The van der Waals surface area contributed by atoms with Crippen LogP contribution in [0.3, 0.4) is 0 Å². The second-order valence-electron chi connectivity index (χ2n) is 2.61. The maximum Gasteiger partial charge on any atom is 0.0757 e. The quantitative estimate of drug-likeness (QED) is 0.670. The van der Waals surface area contributed by atoms with Crippen LogP contribution in [0.2, 0.25) is 0 Å². The van der Waals surface area contributed by atoms with Crippen molar-refractivity contribution >= 4 is 29.4 Å². The smallest absolute Gasteiger partial charge is 0.0757 e. The number of halogens is 2. The second kappa shape index (κ2) is 8.82. The van der Waals surface area contributed by atoms with Crippen LogP contribution in [0.15, 0.2) is 0 Å². The van der Waals surface area contributed by atoms with E-state index >= 15 is 0 Å². The molecule has 0 atom stereocenters. The van der Waals surface area contributed by atoms with Crippen molar-refractivity contribution in [3.8, 4) is 0 Å². The van der Waals surface area contributed by atoms with E-state index in [4.69, 9.17) is 0 Å². The Kier molecular flexibility index (Phi) is 14.2. The Morgan fingerprint density at radius 3 is 0.909 bits per heavy atom. The Hall–Kier alpha value is 0.730. The maximum atomic E-state index is 2.27. The van der Waals surface area contributed by atoms with Crippen LogP contribution >= 0.6 is 29.4 Å². The van der Waals surface area contributed by atoms with E-state index in [9.17, 15) is 0 Å². The van der Waals surface area contributed by atoms with Crippen LogP contribution in [0.4, 0.5) is 0 Å². The number of nitrogens with zero attached hydrogens (tertiary/aromatic N) is 1. The number of hydrogen-bond acceptors (Lipinski definition) is 0. The Morgan fingerprint density at radius 2 is 0.909 bits per heavy atom. The zero-order chi connectivity index (χ0) is 7.33. The summed E-state index contributed by atoms with van der Waals surface area (Å²) >= 11 is 0. The average molecular weight is 248 g/mol. The van der Waals surface area contributed by atoms with E-state index < -0.39 is 0 Å². The highest BCUT2D eigenvalue weighted by atomic mass is 79.9. The van der Waals surface area contributed by atoms with E-state index in [1.807, 2.05) is 0 Å². The Morgan fingerprint density at radius 1 is 0.727 bits per heavy atom. The third kappa shape index (κ3) is 5.05. The zero-order valence-electron chi connectivity index (χ0n) is 8.09. The number of quaternary nitrogens is 1. The van der Waals surface area contributed by atoms with Crippen molar-refractivity contribution in [2.75, 3.05) is 26.2 Å². The first-order valence-electron chi connectivity index (χ1n) is 4.09. The molecule has 11 heavy (non-hydrogen) atoms. The summed E-state index contributed by atoms with van der Waals surface area (Å²) < 4.78 is 1.28. The van der Waals surface area contributed by atoms with Gasteiger partial charge in [-0.05, 0) is 27.7 Å². The monoisotopic (exact) mass is 246 g/mol. The van der Waals surface area contributed by atoms with Crippen molar-refractivity contribution in [2.45, 2.75) is 27.7 Å². The summed E-state index contributed by atoms with van der Waals surface area (Å²) in [7, 11) is 0. The van der Waals surface area contributed by atoms with Crippen LogP contribution in [-0.2, 0) is 0 Å². The normalized spacial score (nSPS) is 9.82. The minimum absolute atomic E-state index is 0. The summed E-state index contributed by atoms with van der Waals surface area (Å²) in [6.45, 7) is 14.2. The molecule has 72 valence electrons. The summed E-state index contributed by atoms with van der Waals surface area (Å²) in [6.07, 6.45) is 0. The van der Waals surface area contributed by atoms with Crippen LogP contribution in [0.1, 0.15) is 27.7 Å². The van der Waals surface area contributed by atoms with Crippen molar-refractivity contribution < 1.29 is 4.48 Å². The Balaban J connectivity index is -0.000000320. The van der Waals surface area contributed by atoms with Crippen molar-refractivity contribution in [1.29, 1.82) is 0 Å². The molecule has 0 bridgehead atoms. The minimum Gasteiger partial charge on any atom is -0.325 e. The van der Waals surface area contributed by atoms with Gasteiger partial charge in [-0.3, -0.25) is 0 Å². The largest absolute Gasteiger partial charge is 0.325 e. The molecular weight excluding hydrogens is 225 g/mol. The average Bonchev–Trinajstić information content (AvgIpc) is 1.95. The molecule has 0 amide bonds. The van der Waals surface area contributed by atoms with Gasteiger partial charge in [-0.25, -0.2) is 0 Å². The summed E-state index contributed by atoms with van der Waals surface area (Å²) in [5, 5.41) is 0. The molecule has 0 radical (unpaired) electrons. The van der Waals surface area contributed by atoms with Gasteiger partial charge in [-0.15, -0.1) is 29.4 Å². The first kappa shape index (κ1) is 17.7. The van der Waals surface area contributed by atoms with Gasteiger partial charge in [0, 0.05) is 0 Å². The molecule has 0 heterocycles. The molecule has 0 fully saturated rings. The van der Waals surface area contributed by atoms with Crippen LogP contribution in [-0.4, -0.2) is 30.7 Å². The lowest BCUT2D eigenvalue weighted by Gasteiger charge is -2.34. The fourth-order valence-corrected chi connectivity index (χ4v) is 1.34. The molecule has 1 nitrogen and oxygen atoms in total. The lowest BCUT2D eigenvalue weighted by molar-refractivity contribution is -0.921. The van der Waals surface area contributed by atoms with Gasteiger partial charge in [0.25, 0.3) is 0 Å². The molecule has 0 aromatic rings. The summed E-state index contributed by atoms with van der Waals surface area (Å²) in [6, 6.07) is 0. The van der Waals surface area contributed by atoms with Crippen LogP contribution in [0.25, 0.3) is 0 Å². The highest BCUT2D eigenvalue weighted by Crippen LogP contribution is 2.03. The molecule has 0 aromatic carbocycles. The van der Waals surface area contributed by atoms with Crippen molar-refractivity contribution in [3.05, 3.63) is 0 Å². The molecule has 0 spiro atoms. The standard InChI is InChI=1S/C8H20N.BrH.ClH/c1-5-9(6-2,7-3)8-4;;/h5-8H2,1-4H3;2*1H/q+1;;. The number of rotatable bonds is 4. The fraction of sp³-hybridized carbons (Fsp3) is 1.00. The lowest BCUT2D eigenvalue weighted by Crippen LogP contribution is -2.47. The molecule has 3 heteroatoms. The van der Waals surface area contributed by atoms with E-state index in [0.717, 1.165) is 0 Å². The van der Waals surface area contributed by atoms with Crippen molar-refractivity contribution in [3.63, 3.8) is 0 Å². The van der Waals surface area contributed by atoms with E-state index in [-0.39, 0.29) is 29.4 Å². The predicted octanol–water partition coefficient (Wildman–Crippen LogP) is 2.88. The number of hydrogen-bond donors (Lipinski definition) is 0. The molecular formula is C8H22BrClN+. The molecule has 0 aliphatic carbocycles. The predicted molar refractivity (Wildman–Crippen MR) is 60.0 cm³/mol. The Labute approximate surface area is 87.9 Å². The third-order valence-electron chi connectivity index (χ3n) is 2.68. The highest BCUT2D eigenvalue weighted by molar-refractivity contribution is 8.93. The molecule has 0 unspecified atom stereocenters. The first-order chi connectivity index (χ1) is 4.24. The van der Waals surface area contributed by atoms with E-state index in [2.05, 4.69) is 27.7 Å². The molecule has 0 saturated heterocycles. The molecule has 0 aliphatic rings. The molecule has 0 aromatic heterocycles. The minimum atomic E-state index is 0. The van der Waals surface area contributed by atoms with Crippen molar-refractivity contribution in [1.82, 2.24) is 0 Å². The van der Waals surface area contributed by atoms with Crippen molar-refractivity contribution in [2.24, 2.45) is 0 Å². The van der Waals surface area contributed by atoms with E-state index in [1.165, 1.54) is 30.7 Å². The summed E-state index contributed by atoms with van der Waals surface area (Å²) in [5.74, 6) is 0. The van der Waals surface area contributed by atoms with Gasteiger partial charge < -0.3 is 4.48 Å². The van der Waals surface area contributed by atoms with Gasteiger partial charge >= 0.3 is 0 Å². The van der Waals surface area contributed by atoms with Crippen LogP contribution in [0, 0.1) is 0 Å². The topological polar surface area (TPSA) is 0 Å². The van der Waals surface area contributed by atoms with Gasteiger partial charge in [0.05, 0.1) is 26.2 Å². The van der Waals surface area contributed by atoms with Gasteiger partial charge in [0.15, 0.2) is 0 Å². The fourth-order valence-electron chi connectivity index (χ4n) is 1.34. The van der Waals surface area contributed by atoms with Gasteiger partial charge in [0.1, 0.15) is 0 Å². The molecule has 0 N–H and O–H groups in total. The van der Waals surface area contributed by atoms with Crippen LogP contribution in [0.5, 0.6) is 0 Å². The molecule has 0 rings (SSSR count). The van der Waals surface area contributed by atoms with Crippen LogP contribution < -0.4 is 0 Å². The lowest BCUT2D eigenvalue weighted by atomic mass is 10.3. The summed E-state index contributed by atoms with van der Waals surface area (Å²) in [5.41, 5.74) is 0. The molecule has 0 saturated carbocycles. The second-order valence-corrected chi connectivity index (χ2v) is 2.61. The summed E-state index contributed by atoms with van der Waals surface area (Å²) in [4.78, 5) is 0. The van der Waals surface area contributed by atoms with E-state index in [1.54, 1.807) is 0 Å².